The SMILES string of the molecule is COC(=O)C1(N2CCN(C(C)c3cccc([N+](=O)[O-])c3F)CC2)CC1. The van der Waals surface area contributed by atoms with Crippen molar-refractivity contribution < 1.29 is 18.8 Å². The molecule has 25 heavy (non-hydrogen) atoms. The Bertz CT molecular complexity index is 684. The number of benzene rings is 1. The zero-order valence-electron chi connectivity index (χ0n) is 14.4. The number of hydrogen-bond acceptors (Lipinski definition) is 6. The Hall–Kier alpha value is -2.06. The van der Waals surface area contributed by atoms with Crippen LogP contribution in [0.15, 0.2) is 18.2 Å². The maximum Gasteiger partial charge on any atom is 0.326 e. The molecule has 0 aromatic heterocycles. The summed E-state index contributed by atoms with van der Waals surface area (Å²) in [5.74, 6) is -0.950. The summed E-state index contributed by atoms with van der Waals surface area (Å²) in [4.78, 5) is 26.5. The molecular formula is C17H22FN3O4. The number of rotatable bonds is 5. The minimum Gasteiger partial charge on any atom is -0.468 e. The number of hydrogen-bond donors (Lipinski definition) is 0. The molecule has 1 aliphatic carbocycles. The molecule has 2 fully saturated rings. The average Bonchev–Trinajstić information content (AvgIpc) is 3.42. The lowest BCUT2D eigenvalue weighted by Crippen LogP contribution is -2.54. The molecule has 0 radical (unpaired) electrons. The summed E-state index contributed by atoms with van der Waals surface area (Å²) in [7, 11) is 1.41. The summed E-state index contributed by atoms with van der Waals surface area (Å²) in [6.07, 6.45) is 1.63. The third kappa shape index (κ3) is 3.11. The van der Waals surface area contributed by atoms with Gasteiger partial charge in [0.2, 0.25) is 5.82 Å². The summed E-state index contributed by atoms with van der Waals surface area (Å²) < 4.78 is 19.3. The van der Waals surface area contributed by atoms with Crippen LogP contribution in [-0.4, -0.2) is 59.5 Å². The molecule has 1 saturated heterocycles. The van der Waals surface area contributed by atoms with Crippen LogP contribution in [0.5, 0.6) is 0 Å². The van der Waals surface area contributed by atoms with Gasteiger partial charge in [0.15, 0.2) is 0 Å². The van der Waals surface area contributed by atoms with Crippen LogP contribution in [0.1, 0.15) is 31.4 Å². The van der Waals surface area contributed by atoms with Crippen LogP contribution < -0.4 is 0 Å². The lowest BCUT2D eigenvalue weighted by atomic mass is 10.0. The average molecular weight is 351 g/mol. The Labute approximate surface area is 145 Å². The van der Waals surface area contributed by atoms with E-state index < -0.39 is 22.0 Å². The summed E-state index contributed by atoms with van der Waals surface area (Å²) >= 11 is 0. The van der Waals surface area contributed by atoms with E-state index in [1.54, 1.807) is 6.07 Å². The summed E-state index contributed by atoms with van der Waals surface area (Å²) in [6.45, 7) is 4.57. The van der Waals surface area contributed by atoms with Crippen molar-refractivity contribution in [3.8, 4) is 0 Å². The first-order chi connectivity index (χ1) is 11.9. The van der Waals surface area contributed by atoms with Gasteiger partial charge in [-0.2, -0.15) is 4.39 Å². The van der Waals surface area contributed by atoms with Crippen molar-refractivity contribution in [3.63, 3.8) is 0 Å². The number of nitrogens with zero attached hydrogens (tertiary/aromatic N) is 3. The van der Waals surface area contributed by atoms with Crippen LogP contribution in [-0.2, 0) is 9.53 Å². The van der Waals surface area contributed by atoms with Crippen LogP contribution in [0.4, 0.5) is 10.1 Å². The first-order valence-corrected chi connectivity index (χ1v) is 8.41. The van der Waals surface area contributed by atoms with Crippen molar-refractivity contribution in [1.29, 1.82) is 0 Å². The zero-order valence-corrected chi connectivity index (χ0v) is 14.4. The van der Waals surface area contributed by atoms with E-state index in [9.17, 15) is 19.3 Å². The molecule has 0 spiro atoms. The number of esters is 1. The number of nitro benzene ring substituents is 1. The Balaban J connectivity index is 1.68. The van der Waals surface area contributed by atoms with Crippen molar-refractivity contribution >= 4 is 11.7 Å². The molecule has 136 valence electrons. The van der Waals surface area contributed by atoms with Crippen LogP contribution >= 0.6 is 0 Å². The van der Waals surface area contributed by atoms with Crippen molar-refractivity contribution in [3.05, 3.63) is 39.7 Å². The van der Waals surface area contributed by atoms with E-state index in [1.807, 2.05) is 6.92 Å². The van der Waals surface area contributed by atoms with E-state index in [0.717, 1.165) is 12.8 Å². The van der Waals surface area contributed by atoms with Gasteiger partial charge in [-0.15, -0.1) is 0 Å². The molecule has 1 aromatic rings. The van der Waals surface area contributed by atoms with Gasteiger partial charge in [-0.3, -0.25) is 24.7 Å². The lowest BCUT2D eigenvalue weighted by molar-refractivity contribution is -0.387. The number of nitro groups is 1. The van der Waals surface area contributed by atoms with Crippen molar-refractivity contribution in [2.24, 2.45) is 0 Å². The molecule has 1 saturated carbocycles. The van der Waals surface area contributed by atoms with Gasteiger partial charge in [-0.05, 0) is 19.8 Å². The van der Waals surface area contributed by atoms with E-state index >= 15 is 0 Å². The molecule has 1 aromatic carbocycles. The largest absolute Gasteiger partial charge is 0.468 e. The number of methoxy groups -OCH3 is 1. The molecule has 8 heteroatoms. The molecule has 1 aliphatic heterocycles. The van der Waals surface area contributed by atoms with Gasteiger partial charge in [-0.1, -0.05) is 12.1 Å². The van der Waals surface area contributed by atoms with Gasteiger partial charge in [0.25, 0.3) is 0 Å². The van der Waals surface area contributed by atoms with Gasteiger partial charge < -0.3 is 4.74 Å². The van der Waals surface area contributed by atoms with Gasteiger partial charge in [0.1, 0.15) is 5.54 Å². The summed E-state index contributed by atoms with van der Waals surface area (Å²) in [6, 6.07) is 4.02. The molecule has 1 unspecified atom stereocenters. The van der Waals surface area contributed by atoms with Gasteiger partial charge >= 0.3 is 11.7 Å². The van der Waals surface area contributed by atoms with Crippen LogP contribution in [0.3, 0.4) is 0 Å². The standard InChI is InChI=1S/C17H22FN3O4/c1-12(13-4-3-5-14(15(13)18)21(23)24)19-8-10-20(11-9-19)17(6-7-17)16(22)25-2/h3-5,12H,6-11H2,1-2H3. The molecule has 3 rings (SSSR count). The van der Waals surface area contributed by atoms with E-state index in [-0.39, 0.29) is 12.0 Å². The minimum atomic E-state index is -0.768. The second-order valence-corrected chi connectivity index (χ2v) is 6.66. The van der Waals surface area contributed by atoms with E-state index in [4.69, 9.17) is 4.74 Å². The molecule has 1 heterocycles. The first kappa shape index (κ1) is 17.8. The number of carbonyl (C=O) groups is 1. The highest BCUT2D eigenvalue weighted by Gasteiger charge is 2.56. The molecule has 0 bridgehead atoms. The zero-order chi connectivity index (χ0) is 18.2. The van der Waals surface area contributed by atoms with E-state index in [0.29, 0.717) is 31.7 Å². The maximum absolute atomic E-state index is 14.4. The number of piperazine rings is 1. The fourth-order valence-electron chi connectivity index (χ4n) is 3.69. The highest BCUT2D eigenvalue weighted by Crippen LogP contribution is 2.43. The highest BCUT2D eigenvalue weighted by molar-refractivity contribution is 5.84. The third-order valence-corrected chi connectivity index (χ3v) is 5.41. The van der Waals surface area contributed by atoms with Crippen LogP contribution in [0, 0.1) is 15.9 Å². The molecular weight excluding hydrogens is 329 g/mol. The second kappa shape index (κ2) is 6.68. The predicted molar refractivity (Wildman–Crippen MR) is 88.6 cm³/mol. The molecule has 0 N–H and O–H groups in total. The van der Waals surface area contributed by atoms with Gasteiger partial charge in [0, 0.05) is 43.9 Å². The number of ether oxygens (including phenoxy) is 1. The van der Waals surface area contributed by atoms with Crippen molar-refractivity contribution in [1.82, 2.24) is 9.80 Å². The Kier molecular flexibility index (Phi) is 4.75. The summed E-state index contributed by atoms with van der Waals surface area (Å²) in [5, 5.41) is 10.9. The quantitative estimate of drug-likeness (QED) is 0.459. The molecule has 1 atom stereocenters. The van der Waals surface area contributed by atoms with Gasteiger partial charge in [0.05, 0.1) is 12.0 Å². The summed E-state index contributed by atoms with van der Waals surface area (Å²) in [5.41, 5.74) is -0.636. The van der Waals surface area contributed by atoms with Crippen LogP contribution in [0.25, 0.3) is 0 Å². The maximum atomic E-state index is 14.4. The molecule has 2 aliphatic rings. The first-order valence-electron chi connectivity index (χ1n) is 8.41. The Morgan fingerprint density at radius 1 is 1.32 bits per heavy atom. The topological polar surface area (TPSA) is 75.9 Å². The fourth-order valence-corrected chi connectivity index (χ4v) is 3.69. The second-order valence-electron chi connectivity index (χ2n) is 6.66. The predicted octanol–water partition coefficient (Wildman–Crippen LogP) is 2.12. The minimum absolute atomic E-state index is 0.182. The Morgan fingerprint density at radius 3 is 2.48 bits per heavy atom. The number of halogens is 1. The van der Waals surface area contributed by atoms with Crippen molar-refractivity contribution in [2.75, 3.05) is 33.3 Å². The normalized spacial score (nSPS) is 21.6. The monoisotopic (exact) mass is 351 g/mol. The van der Waals surface area contributed by atoms with E-state index in [2.05, 4.69) is 9.80 Å². The van der Waals surface area contributed by atoms with E-state index in [1.165, 1.54) is 19.2 Å². The number of carbonyl (C=O) groups excluding carboxylic acids is 1. The highest BCUT2D eigenvalue weighted by atomic mass is 19.1. The van der Waals surface area contributed by atoms with Crippen LogP contribution in [0.2, 0.25) is 0 Å². The molecule has 7 nitrogen and oxygen atoms in total. The third-order valence-electron chi connectivity index (χ3n) is 5.41. The fraction of sp³-hybridized carbons (Fsp3) is 0.588. The van der Waals surface area contributed by atoms with Crippen molar-refractivity contribution in [2.45, 2.75) is 31.3 Å². The Morgan fingerprint density at radius 2 is 1.96 bits per heavy atom. The van der Waals surface area contributed by atoms with Gasteiger partial charge in [-0.25, -0.2) is 0 Å². The molecule has 0 amide bonds. The smallest absolute Gasteiger partial charge is 0.326 e. The lowest BCUT2D eigenvalue weighted by Gasteiger charge is -2.41.